The van der Waals surface area contributed by atoms with E-state index in [1.54, 1.807) is 20.4 Å². The number of rotatable bonds is 5. The SMILES string of the molecule is CCOC(=O)CCN(C)[C]=O. The zero-order valence-corrected chi connectivity index (χ0v) is 6.79. The van der Waals surface area contributed by atoms with Crippen molar-refractivity contribution in [2.75, 3.05) is 20.2 Å². The Kier molecular flexibility index (Phi) is 5.15. The first-order valence-corrected chi connectivity index (χ1v) is 3.45. The molecule has 0 aromatic rings. The van der Waals surface area contributed by atoms with Crippen LogP contribution in [0.5, 0.6) is 0 Å². The van der Waals surface area contributed by atoms with Gasteiger partial charge in [0.2, 0.25) is 0 Å². The summed E-state index contributed by atoms with van der Waals surface area (Å²) < 4.78 is 4.64. The standard InChI is InChI=1S/C7H12NO3/c1-3-11-7(10)4-5-8(2)6-9/h3-5H2,1-2H3. The predicted molar refractivity (Wildman–Crippen MR) is 39.6 cm³/mol. The van der Waals surface area contributed by atoms with E-state index in [4.69, 9.17) is 0 Å². The van der Waals surface area contributed by atoms with E-state index in [-0.39, 0.29) is 12.4 Å². The van der Waals surface area contributed by atoms with Gasteiger partial charge in [-0.25, -0.2) is 0 Å². The third-order valence-electron chi connectivity index (χ3n) is 1.11. The molecular formula is C7H12NO3. The zero-order valence-electron chi connectivity index (χ0n) is 6.79. The first-order valence-electron chi connectivity index (χ1n) is 3.45. The van der Waals surface area contributed by atoms with Gasteiger partial charge in [-0.3, -0.25) is 9.59 Å². The van der Waals surface area contributed by atoms with Gasteiger partial charge in [0.15, 0.2) is 0 Å². The summed E-state index contributed by atoms with van der Waals surface area (Å²) in [6.07, 6.45) is 1.87. The molecule has 0 atom stereocenters. The van der Waals surface area contributed by atoms with Gasteiger partial charge in [0.25, 0.3) is 0 Å². The van der Waals surface area contributed by atoms with Crippen molar-refractivity contribution in [1.29, 1.82) is 0 Å². The average Bonchev–Trinajstić information content (AvgIpc) is 2.01. The molecule has 0 aliphatic rings. The van der Waals surface area contributed by atoms with Gasteiger partial charge in [-0.1, -0.05) is 0 Å². The Balaban J connectivity index is 3.37. The summed E-state index contributed by atoms with van der Waals surface area (Å²) >= 11 is 0. The second-order valence-corrected chi connectivity index (χ2v) is 2.07. The van der Waals surface area contributed by atoms with Crippen LogP contribution in [0.2, 0.25) is 0 Å². The molecule has 0 saturated carbocycles. The number of carbonyl (C=O) groups is 1. The summed E-state index contributed by atoms with van der Waals surface area (Å²) in [6, 6.07) is 0. The van der Waals surface area contributed by atoms with Crippen molar-refractivity contribution in [2.24, 2.45) is 0 Å². The highest BCUT2D eigenvalue weighted by Crippen LogP contribution is 1.87. The highest BCUT2D eigenvalue weighted by atomic mass is 16.5. The fourth-order valence-corrected chi connectivity index (χ4v) is 0.538. The molecule has 63 valence electrons. The summed E-state index contributed by atoms with van der Waals surface area (Å²) in [5.74, 6) is -0.283. The summed E-state index contributed by atoms with van der Waals surface area (Å²) in [7, 11) is 1.56. The normalized spacial score (nSPS) is 8.91. The average molecular weight is 158 g/mol. The molecule has 11 heavy (non-hydrogen) atoms. The van der Waals surface area contributed by atoms with Crippen LogP contribution in [0, 0.1) is 0 Å². The Hall–Kier alpha value is -1.06. The Bertz CT molecular complexity index is 136. The number of nitrogens with zero attached hydrogens (tertiary/aromatic N) is 1. The maximum atomic E-state index is 10.7. The molecule has 0 aliphatic heterocycles. The van der Waals surface area contributed by atoms with Gasteiger partial charge >= 0.3 is 12.4 Å². The molecule has 0 aromatic carbocycles. The predicted octanol–water partition coefficient (Wildman–Crippen LogP) is -0.0614. The molecule has 0 fully saturated rings. The summed E-state index contributed by atoms with van der Waals surface area (Å²) in [6.45, 7) is 2.49. The summed E-state index contributed by atoms with van der Waals surface area (Å²) in [4.78, 5) is 21.9. The van der Waals surface area contributed by atoms with Crippen LogP contribution >= 0.6 is 0 Å². The number of esters is 1. The van der Waals surface area contributed by atoms with E-state index in [0.717, 1.165) is 0 Å². The Labute approximate surface area is 66.1 Å². The van der Waals surface area contributed by atoms with Gasteiger partial charge in [0.1, 0.15) is 0 Å². The maximum absolute atomic E-state index is 10.7. The number of amides is 1. The minimum Gasteiger partial charge on any atom is -0.466 e. The van der Waals surface area contributed by atoms with E-state index < -0.39 is 0 Å². The van der Waals surface area contributed by atoms with Crippen LogP contribution in [0.25, 0.3) is 0 Å². The molecule has 0 rings (SSSR count). The molecule has 0 aliphatic carbocycles. The van der Waals surface area contributed by atoms with Crippen LogP contribution in [0.1, 0.15) is 13.3 Å². The lowest BCUT2D eigenvalue weighted by Gasteiger charge is -2.07. The van der Waals surface area contributed by atoms with Crippen LogP contribution < -0.4 is 0 Å². The molecule has 4 nitrogen and oxygen atoms in total. The Morgan fingerprint density at radius 1 is 1.64 bits per heavy atom. The van der Waals surface area contributed by atoms with E-state index in [1.165, 1.54) is 4.90 Å². The van der Waals surface area contributed by atoms with Crippen molar-refractivity contribution < 1.29 is 14.3 Å². The van der Waals surface area contributed by atoms with Gasteiger partial charge in [0, 0.05) is 13.6 Å². The van der Waals surface area contributed by atoms with Gasteiger partial charge < -0.3 is 9.64 Å². The minimum atomic E-state index is -0.283. The second kappa shape index (κ2) is 5.70. The van der Waals surface area contributed by atoms with E-state index in [0.29, 0.717) is 13.2 Å². The largest absolute Gasteiger partial charge is 0.466 e. The lowest BCUT2D eigenvalue weighted by molar-refractivity contribution is -0.143. The zero-order chi connectivity index (χ0) is 8.69. The lowest BCUT2D eigenvalue weighted by atomic mass is 10.4. The van der Waals surface area contributed by atoms with Crippen LogP contribution in [0.3, 0.4) is 0 Å². The van der Waals surface area contributed by atoms with Gasteiger partial charge in [0.05, 0.1) is 13.0 Å². The first-order chi connectivity index (χ1) is 5.20. The van der Waals surface area contributed by atoms with Gasteiger partial charge in [-0.05, 0) is 6.92 Å². The molecule has 0 spiro atoms. The third kappa shape index (κ3) is 5.39. The van der Waals surface area contributed by atoms with Crippen LogP contribution in [0.15, 0.2) is 0 Å². The maximum Gasteiger partial charge on any atom is 0.311 e. The molecule has 0 unspecified atom stereocenters. The lowest BCUT2D eigenvalue weighted by Crippen LogP contribution is -2.20. The number of ether oxygens (including phenoxy) is 1. The number of carbonyl (C=O) groups excluding carboxylic acids is 2. The van der Waals surface area contributed by atoms with Crippen LogP contribution in [0.4, 0.5) is 0 Å². The molecule has 1 amide bonds. The Morgan fingerprint density at radius 2 is 2.27 bits per heavy atom. The smallest absolute Gasteiger partial charge is 0.311 e. The second-order valence-electron chi connectivity index (χ2n) is 2.07. The monoisotopic (exact) mass is 158 g/mol. The van der Waals surface area contributed by atoms with Gasteiger partial charge in [-0.2, -0.15) is 0 Å². The molecule has 1 radical (unpaired) electrons. The van der Waals surface area contributed by atoms with Crippen molar-refractivity contribution >= 4 is 12.4 Å². The van der Waals surface area contributed by atoms with E-state index in [2.05, 4.69) is 4.74 Å². The quantitative estimate of drug-likeness (QED) is 0.416. The molecule has 0 heterocycles. The number of hydrogen-bond donors (Lipinski definition) is 0. The Morgan fingerprint density at radius 3 is 2.73 bits per heavy atom. The van der Waals surface area contributed by atoms with Crippen molar-refractivity contribution in [3.05, 3.63) is 0 Å². The van der Waals surface area contributed by atoms with Gasteiger partial charge in [-0.15, -0.1) is 0 Å². The number of hydrogen-bond acceptors (Lipinski definition) is 3. The molecule has 4 heteroatoms. The fourth-order valence-electron chi connectivity index (χ4n) is 0.538. The topological polar surface area (TPSA) is 46.6 Å². The molecular weight excluding hydrogens is 146 g/mol. The minimum absolute atomic E-state index is 0.236. The van der Waals surface area contributed by atoms with Crippen molar-refractivity contribution in [3.63, 3.8) is 0 Å². The van der Waals surface area contributed by atoms with E-state index in [9.17, 15) is 9.59 Å². The molecule has 0 N–H and O–H groups in total. The summed E-state index contributed by atoms with van der Waals surface area (Å²) in [5, 5.41) is 0. The van der Waals surface area contributed by atoms with Crippen LogP contribution in [-0.2, 0) is 14.3 Å². The van der Waals surface area contributed by atoms with Crippen molar-refractivity contribution in [3.8, 4) is 0 Å². The molecule has 0 aromatic heterocycles. The third-order valence-corrected chi connectivity index (χ3v) is 1.11. The van der Waals surface area contributed by atoms with Crippen molar-refractivity contribution in [2.45, 2.75) is 13.3 Å². The fraction of sp³-hybridized carbons (Fsp3) is 0.714. The summed E-state index contributed by atoms with van der Waals surface area (Å²) in [5.41, 5.74) is 0. The highest BCUT2D eigenvalue weighted by Gasteiger charge is 2.02. The first kappa shape index (κ1) is 9.94. The van der Waals surface area contributed by atoms with Crippen molar-refractivity contribution in [1.82, 2.24) is 4.90 Å². The van der Waals surface area contributed by atoms with E-state index >= 15 is 0 Å². The molecule has 0 saturated heterocycles. The van der Waals surface area contributed by atoms with Crippen LogP contribution in [-0.4, -0.2) is 37.5 Å². The van der Waals surface area contributed by atoms with E-state index in [1.807, 2.05) is 0 Å². The highest BCUT2D eigenvalue weighted by molar-refractivity contribution is 5.69. The molecule has 0 bridgehead atoms.